The molecule has 0 aliphatic rings. The van der Waals surface area contributed by atoms with Crippen LogP contribution in [0.2, 0.25) is 0 Å². The molecule has 0 unspecified atom stereocenters. The van der Waals surface area contributed by atoms with Gasteiger partial charge in [0.1, 0.15) is 5.69 Å². The third-order valence-corrected chi connectivity index (χ3v) is 3.02. The molecule has 0 atom stereocenters. The molecule has 0 aliphatic heterocycles. The molecule has 9 heteroatoms. The second-order valence-electron chi connectivity index (χ2n) is 4.08. The molecule has 20 heavy (non-hydrogen) atoms. The van der Waals surface area contributed by atoms with E-state index in [1.54, 1.807) is 23.9 Å². The van der Waals surface area contributed by atoms with Crippen LogP contribution < -0.4 is 5.32 Å². The molecule has 8 nitrogen and oxygen atoms in total. The van der Waals surface area contributed by atoms with E-state index in [1.807, 2.05) is 0 Å². The molecule has 2 rings (SSSR count). The first-order valence-electron chi connectivity index (χ1n) is 5.71. The maximum absolute atomic E-state index is 11.9. The molecule has 0 saturated carbocycles. The van der Waals surface area contributed by atoms with Crippen molar-refractivity contribution < 1.29 is 14.7 Å². The number of aryl methyl sites for hydroxylation is 1. The molecule has 1 amide bonds. The van der Waals surface area contributed by atoms with Gasteiger partial charge in [-0.05, 0) is 22.0 Å². The van der Waals surface area contributed by atoms with E-state index < -0.39 is 5.97 Å². The van der Waals surface area contributed by atoms with Crippen molar-refractivity contribution in [3.63, 3.8) is 0 Å². The normalized spacial score (nSPS) is 10.5. The summed E-state index contributed by atoms with van der Waals surface area (Å²) in [6.45, 7) is 0.668. The number of carboxylic acids is 1. The Balaban J connectivity index is 1.87. The predicted molar refractivity (Wildman–Crippen MR) is 72.4 cm³/mol. The lowest BCUT2D eigenvalue weighted by Crippen LogP contribution is -2.28. The third kappa shape index (κ3) is 3.23. The van der Waals surface area contributed by atoms with Crippen LogP contribution in [0.3, 0.4) is 0 Å². The molecular formula is C11H12BrN5O3. The topological polar surface area (TPSA) is 102 Å². The molecule has 2 aromatic rings. The molecule has 0 aromatic carbocycles. The number of halogens is 1. The summed E-state index contributed by atoms with van der Waals surface area (Å²) < 4.78 is 3.90. The zero-order valence-electron chi connectivity index (χ0n) is 10.6. The van der Waals surface area contributed by atoms with Gasteiger partial charge in [0.2, 0.25) is 0 Å². The Kier molecular flexibility index (Phi) is 4.18. The van der Waals surface area contributed by atoms with Gasteiger partial charge in [0, 0.05) is 24.3 Å². The van der Waals surface area contributed by atoms with Crippen LogP contribution in [0, 0.1) is 0 Å². The number of hydrogen-bond acceptors (Lipinski definition) is 4. The quantitative estimate of drug-likeness (QED) is 0.824. The van der Waals surface area contributed by atoms with Crippen molar-refractivity contribution in [1.29, 1.82) is 0 Å². The predicted octanol–water partition coefficient (Wildman–Crippen LogP) is 0.507. The number of carbonyl (C=O) groups is 2. The first-order valence-corrected chi connectivity index (χ1v) is 6.50. The zero-order valence-corrected chi connectivity index (χ0v) is 12.2. The Labute approximate surface area is 122 Å². The monoisotopic (exact) mass is 341 g/mol. The highest BCUT2D eigenvalue weighted by Gasteiger charge is 2.11. The van der Waals surface area contributed by atoms with Gasteiger partial charge in [-0.25, -0.2) is 9.48 Å². The van der Waals surface area contributed by atoms with E-state index in [1.165, 1.54) is 10.9 Å². The standard InChI is InChI=1S/C11H12BrN5O3/c1-16-5-7(12)4-9(16)10(18)13-2-3-17-6-8(11(19)20)14-15-17/h4-6H,2-3H2,1H3,(H,13,18)(H,19,20). The largest absolute Gasteiger partial charge is 0.476 e. The fourth-order valence-electron chi connectivity index (χ4n) is 1.63. The summed E-state index contributed by atoms with van der Waals surface area (Å²) in [4.78, 5) is 22.5. The summed E-state index contributed by atoms with van der Waals surface area (Å²) in [5.41, 5.74) is 0.407. The highest BCUT2D eigenvalue weighted by atomic mass is 79.9. The van der Waals surface area contributed by atoms with E-state index >= 15 is 0 Å². The smallest absolute Gasteiger partial charge is 0.358 e. The average molecular weight is 342 g/mol. The van der Waals surface area contributed by atoms with Gasteiger partial charge in [-0.15, -0.1) is 5.10 Å². The Bertz CT molecular complexity index is 648. The minimum atomic E-state index is -1.13. The zero-order chi connectivity index (χ0) is 14.7. The second-order valence-corrected chi connectivity index (χ2v) is 5.00. The van der Waals surface area contributed by atoms with Gasteiger partial charge in [0.15, 0.2) is 5.69 Å². The van der Waals surface area contributed by atoms with E-state index in [-0.39, 0.29) is 11.6 Å². The van der Waals surface area contributed by atoms with E-state index in [0.717, 1.165) is 4.47 Å². The summed E-state index contributed by atoms with van der Waals surface area (Å²) in [7, 11) is 1.77. The molecule has 0 bridgehead atoms. The van der Waals surface area contributed by atoms with Crippen molar-refractivity contribution in [3.8, 4) is 0 Å². The van der Waals surface area contributed by atoms with Gasteiger partial charge < -0.3 is 15.0 Å². The highest BCUT2D eigenvalue weighted by Crippen LogP contribution is 2.13. The van der Waals surface area contributed by atoms with Crippen LogP contribution in [0.1, 0.15) is 21.0 Å². The molecule has 2 heterocycles. The molecule has 0 radical (unpaired) electrons. The molecule has 106 valence electrons. The first kappa shape index (κ1) is 14.3. The molecule has 2 aromatic heterocycles. The number of aromatic nitrogens is 4. The number of carboxylic acid groups (broad SMARTS) is 1. The minimum Gasteiger partial charge on any atom is -0.476 e. The van der Waals surface area contributed by atoms with Crippen LogP contribution >= 0.6 is 15.9 Å². The van der Waals surface area contributed by atoms with Crippen LogP contribution in [0.25, 0.3) is 0 Å². The maximum atomic E-state index is 11.9. The van der Waals surface area contributed by atoms with Crippen LogP contribution in [0.15, 0.2) is 22.9 Å². The molecule has 2 N–H and O–H groups in total. The fourth-order valence-corrected chi connectivity index (χ4v) is 2.15. The van der Waals surface area contributed by atoms with Crippen LogP contribution in [0.5, 0.6) is 0 Å². The van der Waals surface area contributed by atoms with Crippen molar-refractivity contribution in [2.45, 2.75) is 6.54 Å². The number of amides is 1. The van der Waals surface area contributed by atoms with Crippen molar-refractivity contribution in [2.75, 3.05) is 6.54 Å². The lowest BCUT2D eigenvalue weighted by molar-refractivity contribution is 0.0690. The van der Waals surface area contributed by atoms with Crippen molar-refractivity contribution in [2.24, 2.45) is 7.05 Å². The highest BCUT2D eigenvalue weighted by molar-refractivity contribution is 9.10. The average Bonchev–Trinajstić information content (AvgIpc) is 2.96. The van der Waals surface area contributed by atoms with Crippen LogP contribution in [0.4, 0.5) is 0 Å². The van der Waals surface area contributed by atoms with Crippen molar-refractivity contribution in [3.05, 3.63) is 34.3 Å². The number of aromatic carboxylic acids is 1. The molecule has 0 spiro atoms. The van der Waals surface area contributed by atoms with Crippen LogP contribution in [-0.2, 0) is 13.6 Å². The van der Waals surface area contributed by atoms with Crippen LogP contribution in [-0.4, -0.2) is 43.1 Å². The van der Waals surface area contributed by atoms with Gasteiger partial charge in [0.05, 0.1) is 12.7 Å². The van der Waals surface area contributed by atoms with Gasteiger partial charge in [-0.3, -0.25) is 4.79 Å². The third-order valence-electron chi connectivity index (χ3n) is 2.59. The second kappa shape index (κ2) is 5.87. The first-order chi connectivity index (χ1) is 9.47. The Hall–Kier alpha value is -2.16. The van der Waals surface area contributed by atoms with E-state index in [0.29, 0.717) is 18.8 Å². The van der Waals surface area contributed by atoms with Gasteiger partial charge in [0.25, 0.3) is 5.91 Å². The van der Waals surface area contributed by atoms with Gasteiger partial charge >= 0.3 is 5.97 Å². The van der Waals surface area contributed by atoms with Crippen molar-refractivity contribution >= 4 is 27.8 Å². The van der Waals surface area contributed by atoms with E-state index in [4.69, 9.17) is 5.11 Å². The lowest BCUT2D eigenvalue weighted by Gasteiger charge is -2.05. The van der Waals surface area contributed by atoms with Gasteiger partial charge in [-0.2, -0.15) is 0 Å². The molecule has 0 aliphatic carbocycles. The Morgan fingerprint density at radius 2 is 2.20 bits per heavy atom. The van der Waals surface area contributed by atoms with Crippen molar-refractivity contribution in [1.82, 2.24) is 24.9 Å². The number of carbonyl (C=O) groups excluding carboxylic acids is 1. The SMILES string of the molecule is Cn1cc(Br)cc1C(=O)NCCn1cc(C(=O)O)nn1. The Morgan fingerprint density at radius 3 is 2.75 bits per heavy atom. The number of nitrogens with one attached hydrogen (secondary N) is 1. The fraction of sp³-hybridized carbons (Fsp3) is 0.273. The number of nitrogens with zero attached hydrogens (tertiary/aromatic N) is 4. The summed E-state index contributed by atoms with van der Waals surface area (Å²) in [6.07, 6.45) is 3.10. The summed E-state index contributed by atoms with van der Waals surface area (Å²) in [6, 6.07) is 1.72. The molecule has 0 fully saturated rings. The van der Waals surface area contributed by atoms with E-state index in [9.17, 15) is 9.59 Å². The summed E-state index contributed by atoms with van der Waals surface area (Å²) in [5.74, 6) is -1.34. The summed E-state index contributed by atoms with van der Waals surface area (Å²) >= 11 is 3.29. The number of rotatable bonds is 5. The lowest BCUT2D eigenvalue weighted by atomic mass is 10.4. The molecule has 0 saturated heterocycles. The minimum absolute atomic E-state index is 0.123. The summed E-state index contributed by atoms with van der Waals surface area (Å²) in [5, 5.41) is 18.6. The molecular weight excluding hydrogens is 330 g/mol. The number of hydrogen-bond donors (Lipinski definition) is 2. The van der Waals surface area contributed by atoms with Gasteiger partial charge in [-0.1, -0.05) is 5.21 Å². The maximum Gasteiger partial charge on any atom is 0.358 e. The Morgan fingerprint density at radius 1 is 1.45 bits per heavy atom. The van der Waals surface area contributed by atoms with E-state index in [2.05, 4.69) is 31.6 Å².